The van der Waals surface area contributed by atoms with Crippen molar-refractivity contribution in [1.29, 1.82) is 0 Å². The molecule has 1 radical (unpaired) electrons. The molecule has 0 aromatic carbocycles. The molecule has 0 N–H and O–H groups in total. The molecule has 0 fully saturated rings. The van der Waals surface area contributed by atoms with Gasteiger partial charge >= 0.3 is 108 Å². The van der Waals surface area contributed by atoms with Crippen LogP contribution in [-0.4, -0.2) is 0 Å². The molecular formula is Cl3EuRb. The Morgan fingerprint density at radius 1 is 0.600 bits per heavy atom. The number of hydrogen-bond donors (Lipinski definition) is 0. The maximum Gasteiger partial charge on any atom is 2.00 e. The predicted molar refractivity (Wildman–Crippen MR) is 0 cm³/mol. The van der Waals surface area contributed by atoms with Gasteiger partial charge in [-0.1, -0.05) is 0 Å². The molecule has 0 saturated carbocycles. The van der Waals surface area contributed by atoms with Gasteiger partial charge in [0.2, 0.25) is 0 Å². The Bertz CT molecular complexity index is 6.85. The second-order valence-electron chi connectivity index (χ2n) is 0. The fourth-order valence-electron chi connectivity index (χ4n) is 0. The molecule has 0 saturated heterocycles. The summed E-state index contributed by atoms with van der Waals surface area (Å²) >= 11 is 0. The van der Waals surface area contributed by atoms with Crippen LogP contribution in [0, 0.1) is 49.4 Å². The van der Waals surface area contributed by atoms with E-state index in [-0.39, 0.29) is 145 Å². The topological polar surface area (TPSA) is 0 Å². The summed E-state index contributed by atoms with van der Waals surface area (Å²) < 4.78 is 0. The largest absolute Gasteiger partial charge is 2.00 e. The molecule has 0 aliphatic heterocycles. The fraction of sp³-hybridized carbons (Fsp3) is 0. The second-order valence-corrected chi connectivity index (χ2v) is 0. The van der Waals surface area contributed by atoms with Crippen molar-refractivity contribution in [2.45, 2.75) is 0 Å². The molecule has 0 rings (SSSR count). The van der Waals surface area contributed by atoms with Crippen LogP contribution in [0.5, 0.6) is 0 Å². The third-order valence-electron chi connectivity index (χ3n) is 0. The first kappa shape index (κ1) is 34.8. The zero-order valence-electron chi connectivity index (χ0n) is 2.51. The monoisotopic (exact) mass is 343 g/mol. The molecule has 0 bridgehead atoms. The van der Waals surface area contributed by atoms with Gasteiger partial charge in [0.05, 0.1) is 0 Å². The van der Waals surface area contributed by atoms with Crippen molar-refractivity contribution in [3.63, 3.8) is 0 Å². The molecule has 0 unspecified atom stereocenters. The quantitative estimate of drug-likeness (QED) is 0.410. The van der Waals surface area contributed by atoms with E-state index in [0.717, 1.165) is 0 Å². The summed E-state index contributed by atoms with van der Waals surface area (Å²) in [5.74, 6) is 0. The Morgan fingerprint density at radius 2 is 0.600 bits per heavy atom. The van der Waals surface area contributed by atoms with Gasteiger partial charge < -0.3 is 37.2 Å². The SMILES string of the molecule is [Cl-].[Cl-].[Cl-].[Eu+2].[Rb+]. The van der Waals surface area contributed by atoms with Crippen LogP contribution in [0.4, 0.5) is 0 Å². The van der Waals surface area contributed by atoms with Crippen molar-refractivity contribution in [2.75, 3.05) is 0 Å². The molecule has 0 amide bonds. The van der Waals surface area contributed by atoms with E-state index in [0.29, 0.717) is 0 Å². The van der Waals surface area contributed by atoms with Gasteiger partial charge in [-0.15, -0.1) is 0 Å². The van der Waals surface area contributed by atoms with E-state index in [1.165, 1.54) is 0 Å². The summed E-state index contributed by atoms with van der Waals surface area (Å²) in [6.45, 7) is 0. The van der Waals surface area contributed by atoms with E-state index >= 15 is 0 Å². The van der Waals surface area contributed by atoms with Gasteiger partial charge in [0.15, 0.2) is 0 Å². The smallest absolute Gasteiger partial charge is 1.00 e. The van der Waals surface area contributed by atoms with Crippen LogP contribution < -0.4 is 95.4 Å². The van der Waals surface area contributed by atoms with Gasteiger partial charge in [-0.05, 0) is 0 Å². The standard InChI is InChI=1S/3ClH.Eu.Rb/h3*1H;;/q;;;+2;+1/p-3. The van der Waals surface area contributed by atoms with Gasteiger partial charge in [0.1, 0.15) is 0 Å². The Hall–Kier alpha value is 4.26. The molecule has 0 aliphatic rings. The molecule has 0 aromatic rings. The summed E-state index contributed by atoms with van der Waals surface area (Å²) in [5.41, 5.74) is 0. The van der Waals surface area contributed by atoms with Crippen molar-refractivity contribution < 1.29 is 145 Å². The van der Waals surface area contributed by atoms with E-state index in [1.54, 1.807) is 0 Å². The van der Waals surface area contributed by atoms with Crippen LogP contribution in [0.25, 0.3) is 0 Å². The predicted octanol–water partition coefficient (Wildman–Crippen LogP) is -12.0. The minimum Gasteiger partial charge on any atom is -1.00 e. The molecule has 29 valence electrons. The first-order chi connectivity index (χ1) is 0. The van der Waals surface area contributed by atoms with Crippen molar-refractivity contribution >= 4 is 0 Å². The zero-order chi connectivity index (χ0) is 0. The number of rotatable bonds is 0. The van der Waals surface area contributed by atoms with Gasteiger partial charge in [0, 0.05) is 0 Å². The maximum atomic E-state index is 0. The Morgan fingerprint density at radius 3 is 0.600 bits per heavy atom. The molecule has 0 spiro atoms. The normalized spacial score (nSPS) is 0. The molecule has 0 nitrogen and oxygen atoms in total. The Kier molecular flexibility index (Phi) is 167. The summed E-state index contributed by atoms with van der Waals surface area (Å²) in [5, 5.41) is 0. The van der Waals surface area contributed by atoms with Crippen LogP contribution in [0.3, 0.4) is 0 Å². The van der Waals surface area contributed by atoms with Crippen LogP contribution in [-0.2, 0) is 0 Å². The minimum atomic E-state index is 0. The summed E-state index contributed by atoms with van der Waals surface area (Å²) in [6, 6.07) is 0. The second kappa shape index (κ2) is 24.0. The van der Waals surface area contributed by atoms with E-state index in [9.17, 15) is 0 Å². The molecule has 0 aromatic heterocycles. The molecule has 5 heavy (non-hydrogen) atoms. The average Bonchev–Trinajstić information content (AvgIpc) is 0. The Labute approximate surface area is 140 Å². The van der Waals surface area contributed by atoms with Crippen molar-refractivity contribution in [3.8, 4) is 0 Å². The molecular weight excluding hydrogens is 344 g/mol. The number of hydrogen-bond acceptors (Lipinski definition) is 0. The fourth-order valence-corrected chi connectivity index (χ4v) is 0. The summed E-state index contributed by atoms with van der Waals surface area (Å²) in [4.78, 5) is 0. The molecule has 0 heterocycles. The van der Waals surface area contributed by atoms with Crippen LogP contribution in [0.2, 0.25) is 0 Å². The van der Waals surface area contributed by atoms with Crippen molar-refractivity contribution in [2.24, 2.45) is 0 Å². The molecule has 0 atom stereocenters. The summed E-state index contributed by atoms with van der Waals surface area (Å²) in [7, 11) is 0. The van der Waals surface area contributed by atoms with Crippen molar-refractivity contribution in [3.05, 3.63) is 0 Å². The minimum absolute atomic E-state index is 0. The van der Waals surface area contributed by atoms with E-state index in [1.807, 2.05) is 0 Å². The van der Waals surface area contributed by atoms with Crippen LogP contribution in [0.15, 0.2) is 0 Å². The maximum absolute atomic E-state index is 0. The molecule has 5 heteroatoms. The summed E-state index contributed by atoms with van der Waals surface area (Å²) in [6.07, 6.45) is 0. The van der Waals surface area contributed by atoms with E-state index in [2.05, 4.69) is 0 Å². The van der Waals surface area contributed by atoms with Gasteiger partial charge in [0.25, 0.3) is 0 Å². The van der Waals surface area contributed by atoms with Crippen LogP contribution >= 0.6 is 0 Å². The first-order valence-electron chi connectivity index (χ1n) is 0. The third kappa shape index (κ3) is 17.8. The van der Waals surface area contributed by atoms with E-state index in [4.69, 9.17) is 0 Å². The van der Waals surface area contributed by atoms with E-state index < -0.39 is 0 Å². The van der Waals surface area contributed by atoms with Crippen LogP contribution in [0.1, 0.15) is 0 Å². The van der Waals surface area contributed by atoms with Gasteiger partial charge in [-0.25, -0.2) is 0 Å². The average molecular weight is 344 g/mol. The van der Waals surface area contributed by atoms with Gasteiger partial charge in [-0.2, -0.15) is 0 Å². The molecule has 0 aliphatic carbocycles. The van der Waals surface area contributed by atoms with Crippen molar-refractivity contribution in [1.82, 2.24) is 0 Å². The third-order valence-corrected chi connectivity index (χ3v) is 0. The van der Waals surface area contributed by atoms with Gasteiger partial charge in [-0.3, -0.25) is 0 Å². The zero-order valence-corrected chi connectivity index (χ0v) is 12.1. The first-order valence-corrected chi connectivity index (χ1v) is 0. The Balaban J connectivity index is 0. The number of halogens is 3.